The molecule has 1 spiro atoms. The number of nitrogens with zero attached hydrogens (tertiary/aromatic N) is 2. The summed E-state index contributed by atoms with van der Waals surface area (Å²) >= 11 is 5.94. The van der Waals surface area contributed by atoms with Crippen LogP contribution in [0.2, 0.25) is 5.02 Å². The van der Waals surface area contributed by atoms with Crippen molar-refractivity contribution in [1.82, 2.24) is 10.3 Å². The van der Waals surface area contributed by atoms with Crippen LogP contribution in [0.3, 0.4) is 0 Å². The van der Waals surface area contributed by atoms with Gasteiger partial charge in [-0.1, -0.05) is 11.6 Å². The van der Waals surface area contributed by atoms with Gasteiger partial charge in [0.1, 0.15) is 0 Å². The maximum Gasteiger partial charge on any atom is 0.0726 e. The normalized spacial score (nSPS) is 30.2. The molecule has 1 saturated heterocycles. The summed E-state index contributed by atoms with van der Waals surface area (Å²) in [6.45, 7) is 0.861. The van der Waals surface area contributed by atoms with Crippen LogP contribution in [0.15, 0.2) is 18.5 Å². The van der Waals surface area contributed by atoms with Crippen molar-refractivity contribution in [3.63, 3.8) is 0 Å². The number of pyridine rings is 1. The molecule has 0 radical (unpaired) electrons. The first-order chi connectivity index (χ1) is 7.75. The van der Waals surface area contributed by atoms with Gasteiger partial charge in [-0.25, -0.2) is 0 Å². The molecule has 1 aliphatic heterocycles. The summed E-state index contributed by atoms with van der Waals surface area (Å²) in [4.78, 5) is 4.10. The fourth-order valence-corrected chi connectivity index (χ4v) is 2.89. The van der Waals surface area contributed by atoms with Gasteiger partial charge in [-0.2, -0.15) is 5.26 Å². The number of halogens is 1. The topological polar surface area (TPSA) is 48.7 Å². The van der Waals surface area contributed by atoms with Gasteiger partial charge in [0.05, 0.1) is 17.0 Å². The number of hydrogen-bond donors (Lipinski definition) is 1. The number of nitrogens with one attached hydrogen (secondary N) is 1. The highest BCUT2D eigenvalue weighted by molar-refractivity contribution is 6.30. The van der Waals surface area contributed by atoms with E-state index in [2.05, 4.69) is 16.4 Å². The van der Waals surface area contributed by atoms with Crippen LogP contribution in [0.1, 0.15) is 24.3 Å². The molecule has 0 bridgehead atoms. The van der Waals surface area contributed by atoms with E-state index in [-0.39, 0.29) is 17.4 Å². The smallest absolute Gasteiger partial charge is 0.0726 e. The van der Waals surface area contributed by atoms with Gasteiger partial charge in [-0.05, 0) is 24.5 Å². The zero-order valence-corrected chi connectivity index (χ0v) is 9.54. The van der Waals surface area contributed by atoms with Crippen LogP contribution in [0.4, 0.5) is 0 Å². The van der Waals surface area contributed by atoms with Gasteiger partial charge in [0, 0.05) is 30.4 Å². The van der Waals surface area contributed by atoms with Gasteiger partial charge in [-0.15, -0.1) is 0 Å². The third-order valence-electron chi connectivity index (χ3n) is 3.75. The molecule has 82 valence electrons. The summed E-state index contributed by atoms with van der Waals surface area (Å²) in [7, 11) is 0. The zero-order valence-electron chi connectivity index (χ0n) is 8.78. The van der Waals surface area contributed by atoms with Crippen LogP contribution >= 0.6 is 11.6 Å². The molecule has 1 aliphatic carbocycles. The average Bonchev–Trinajstić information content (AvgIpc) is 2.93. The van der Waals surface area contributed by atoms with E-state index in [4.69, 9.17) is 11.6 Å². The molecule has 1 aromatic rings. The molecule has 1 N–H and O–H groups in total. The van der Waals surface area contributed by atoms with Crippen LogP contribution in [0.25, 0.3) is 0 Å². The summed E-state index contributed by atoms with van der Waals surface area (Å²) in [6.07, 6.45) is 5.69. The monoisotopic (exact) mass is 233 g/mol. The summed E-state index contributed by atoms with van der Waals surface area (Å²) in [5.41, 5.74) is 1.18. The molecule has 2 heterocycles. The van der Waals surface area contributed by atoms with E-state index in [0.29, 0.717) is 5.02 Å². The fourth-order valence-electron chi connectivity index (χ4n) is 2.70. The van der Waals surface area contributed by atoms with Crippen molar-refractivity contribution in [2.45, 2.75) is 24.3 Å². The molecule has 3 rings (SSSR count). The molecule has 1 aromatic heterocycles. The predicted octanol–water partition coefficient (Wildman–Crippen LogP) is 2.09. The largest absolute Gasteiger partial charge is 0.309 e. The SMILES string of the molecule is N#CC1C(c2cncc(Cl)c2)CNC12CC2. The molecule has 1 saturated carbocycles. The minimum absolute atomic E-state index is 0.0627. The van der Waals surface area contributed by atoms with Crippen LogP contribution in [-0.4, -0.2) is 17.1 Å². The fraction of sp³-hybridized carbons (Fsp3) is 0.500. The Balaban J connectivity index is 1.94. The van der Waals surface area contributed by atoms with E-state index >= 15 is 0 Å². The van der Waals surface area contributed by atoms with Gasteiger partial charge in [0.2, 0.25) is 0 Å². The molecule has 16 heavy (non-hydrogen) atoms. The van der Waals surface area contributed by atoms with Gasteiger partial charge in [0.15, 0.2) is 0 Å². The van der Waals surface area contributed by atoms with E-state index in [9.17, 15) is 5.26 Å². The molecule has 2 unspecified atom stereocenters. The maximum atomic E-state index is 9.30. The lowest BCUT2D eigenvalue weighted by Gasteiger charge is -2.16. The molecular formula is C12H12ClN3. The minimum atomic E-state index is 0.0627. The lowest BCUT2D eigenvalue weighted by molar-refractivity contribution is 0.495. The summed E-state index contributed by atoms with van der Waals surface area (Å²) in [5, 5.41) is 13.4. The van der Waals surface area contributed by atoms with Crippen LogP contribution in [0, 0.1) is 17.2 Å². The molecule has 3 nitrogen and oxygen atoms in total. The number of aromatic nitrogens is 1. The Hall–Kier alpha value is -1.11. The maximum absolute atomic E-state index is 9.30. The minimum Gasteiger partial charge on any atom is -0.309 e. The van der Waals surface area contributed by atoms with Gasteiger partial charge < -0.3 is 5.32 Å². The molecule has 0 aromatic carbocycles. The standard InChI is InChI=1S/C12H12ClN3/c13-9-3-8(5-15-6-9)10-7-16-12(1-2-12)11(10)4-14/h3,5-6,10-11,16H,1-2,7H2. The van der Waals surface area contributed by atoms with Crippen LogP contribution < -0.4 is 5.32 Å². The lowest BCUT2D eigenvalue weighted by Crippen LogP contribution is -2.28. The number of rotatable bonds is 1. The number of nitriles is 1. The van der Waals surface area contributed by atoms with Gasteiger partial charge >= 0.3 is 0 Å². The number of hydrogen-bond acceptors (Lipinski definition) is 3. The Morgan fingerprint density at radius 2 is 2.31 bits per heavy atom. The van der Waals surface area contributed by atoms with Crippen molar-refractivity contribution >= 4 is 11.6 Å². The molecule has 4 heteroatoms. The van der Waals surface area contributed by atoms with E-state index in [1.807, 2.05) is 12.3 Å². The first-order valence-electron chi connectivity index (χ1n) is 5.50. The second-order valence-corrected chi connectivity index (χ2v) is 5.12. The lowest BCUT2D eigenvalue weighted by atomic mass is 9.86. The third-order valence-corrected chi connectivity index (χ3v) is 3.96. The predicted molar refractivity (Wildman–Crippen MR) is 61.1 cm³/mol. The highest BCUT2D eigenvalue weighted by Gasteiger charge is 2.56. The highest BCUT2D eigenvalue weighted by atomic mass is 35.5. The third kappa shape index (κ3) is 1.41. The van der Waals surface area contributed by atoms with Crippen molar-refractivity contribution in [3.05, 3.63) is 29.0 Å². The quantitative estimate of drug-likeness (QED) is 0.808. The Labute approximate surface area is 99.4 Å². The molecule has 2 aliphatic rings. The van der Waals surface area contributed by atoms with Gasteiger partial charge in [0.25, 0.3) is 0 Å². The highest BCUT2D eigenvalue weighted by Crippen LogP contribution is 2.51. The van der Waals surface area contributed by atoms with Crippen molar-refractivity contribution in [3.8, 4) is 6.07 Å². The Kier molecular flexibility index (Phi) is 2.17. The summed E-state index contributed by atoms with van der Waals surface area (Å²) in [5.74, 6) is 0.298. The van der Waals surface area contributed by atoms with Crippen LogP contribution in [0.5, 0.6) is 0 Å². The second-order valence-electron chi connectivity index (χ2n) is 4.69. The van der Waals surface area contributed by atoms with E-state index in [1.165, 1.54) is 0 Å². The van der Waals surface area contributed by atoms with Crippen molar-refractivity contribution in [1.29, 1.82) is 5.26 Å². The summed E-state index contributed by atoms with van der Waals surface area (Å²) in [6, 6.07) is 4.37. The molecular weight excluding hydrogens is 222 g/mol. The first-order valence-corrected chi connectivity index (χ1v) is 5.88. The van der Waals surface area contributed by atoms with E-state index in [1.54, 1.807) is 6.20 Å². The first kappa shape index (κ1) is 10.1. The van der Waals surface area contributed by atoms with E-state index < -0.39 is 0 Å². The molecule has 0 amide bonds. The van der Waals surface area contributed by atoms with Crippen molar-refractivity contribution in [2.24, 2.45) is 5.92 Å². The molecule has 2 fully saturated rings. The Morgan fingerprint density at radius 3 is 2.94 bits per heavy atom. The van der Waals surface area contributed by atoms with Gasteiger partial charge in [-0.3, -0.25) is 4.98 Å². The Morgan fingerprint density at radius 1 is 1.50 bits per heavy atom. The van der Waals surface area contributed by atoms with Crippen molar-refractivity contribution < 1.29 is 0 Å². The van der Waals surface area contributed by atoms with Crippen LogP contribution in [-0.2, 0) is 0 Å². The molecule has 2 atom stereocenters. The van der Waals surface area contributed by atoms with Crippen molar-refractivity contribution in [2.75, 3.05) is 6.54 Å². The Bertz CT molecular complexity index is 462. The average molecular weight is 234 g/mol. The summed E-state index contributed by atoms with van der Waals surface area (Å²) < 4.78 is 0. The van der Waals surface area contributed by atoms with E-state index in [0.717, 1.165) is 24.9 Å². The second kappa shape index (κ2) is 3.44. The zero-order chi connectivity index (χ0) is 11.2.